The highest BCUT2D eigenvalue weighted by molar-refractivity contribution is 7.91. The lowest BCUT2D eigenvalue weighted by atomic mass is 10.0. The van der Waals surface area contributed by atoms with Gasteiger partial charge in [-0.2, -0.15) is 0 Å². The fraction of sp³-hybridized carbons (Fsp3) is 0.286. The van der Waals surface area contributed by atoms with E-state index in [1.54, 1.807) is 45.4 Å². The number of aromatic nitrogens is 1. The zero-order valence-electron chi connectivity index (χ0n) is 21.8. The Labute approximate surface area is 226 Å². The molecule has 0 spiro atoms. The van der Waals surface area contributed by atoms with Crippen molar-refractivity contribution in [3.8, 4) is 17.2 Å². The number of hydrogen-bond donors (Lipinski definition) is 1. The van der Waals surface area contributed by atoms with Crippen LogP contribution in [-0.2, 0) is 14.6 Å². The van der Waals surface area contributed by atoms with E-state index in [9.17, 15) is 13.2 Å². The first kappa shape index (κ1) is 27.4. The Kier molecular flexibility index (Phi) is 8.23. The molecule has 0 aliphatic heterocycles. The average molecular weight is 555 g/mol. The van der Waals surface area contributed by atoms with E-state index in [0.29, 0.717) is 39.4 Å². The third kappa shape index (κ3) is 5.92. The number of nitrogens with zero attached hydrogens (tertiary/aromatic N) is 1. The summed E-state index contributed by atoms with van der Waals surface area (Å²) >= 11 is 1.29. The van der Waals surface area contributed by atoms with Crippen molar-refractivity contribution in [3.05, 3.63) is 71.8 Å². The highest BCUT2D eigenvalue weighted by Gasteiger charge is 2.25. The van der Waals surface area contributed by atoms with Crippen LogP contribution in [0.2, 0.25) is 0 Å². The minimum absolute atomic E-state index is 0.0118. The zero-order valence-corrected chi connectivity index (χ0v) is 23.5. The van der Waals surface area contributed by atoms with E-state index in [2.05, 4.69) is 24.1 Å². The molecule has 200 valence electrons. The molecule has 1 unspecified atom stereocenters. The molecule has 1 amide bonds. The first-order chi connectivity index (χ1) is 18.1. The number of rotatable bonds is 10. The summed E-state index contributed by atoms with van der Waals surface area (Å²) in [5, 5.41) is 3.24. The molecule has 1 heterocycles. The number of sulfone groups is 1. The minimum Gasteiger partial charge on any atom is -0.493 e. The lowest BCUT2D eigenvalue weighted by Gasteiger charge is -2.19. The maximum Gasteiger partial charge on any atom is 0.271 e. The van der Waals surface area contributed by atoms with Crippen LogP contribution in [0.5, 0.6) is 17.2 Å². The first-order valence-corrected chi connectivity index (χ1v) is 14.5. The Bertz CT molecular complexity index is 1490. The van der Waals surface area contributed by atoms with Crippen molar-refractivity contribution in [3.63, 3.8) is 0 Å². The molecule has 3 aromatic carbocycles. The van der Waals surface area contributed by atoms with Gasteiger partial charge in [0.05, 0.1) is 35.1 Å². The van der Waals surface area contributed by atoms with Crippen molar-refractivity contribution in [1.82, 2.24) is 4.98 Å². The topological polar surface area (TPSA) is 104 Å². The maximum atomic E-state index is 13.5. The molecule has 0 radical (unpaired) electrons. The molecule has 0 fully saturated rings. The van der Waals surface area contributed by atoms with E-state index in [-0.39, 0.29) is 10.6 Å². The molecule has 1 aromatic heterocycles. The quantitative estimate of drug-likeness (QED) is 0.257. The summed E-state index contributed by atoms with van der Waals surface area (Å²) in [6.07, 6.45) is -1.05. The summed E-state index contributed by atoms with van der Waals surface area (Å²) in [6.45, 7) is 5.79. The van der Waals surface area contributed by atoms with E-state index >= 15 is 0 Å². The van der Waals surface area contributed by atoms with Crippen molar-refractivity contribution in [2.75, 3.05) is 25.3 Å². The Morgan fingerprint density at radius 3 is 2.13 bits per heavy atom. The molecule has 0 bridgehead atoms. The molecular weight excluding hydrogens is 524 g/mol. The Hall–Kier alpha value is -3.63. The normalized spacial score (nSPS) is 12.4. The number of thiazole rings is 1. The SMILES string of the molecule is CCS(=O)(=O)c1ccc(C(Oc2ccc(C(C)C)cc2)C(=O)Nc2nc3cc(OC)c(OC)cc3s2)cc1. The lowest BCUT2D eigenvalue weighted by molar-refractivity contribution is -0.123. The summed E-state index contributed by atoms with van der Waals surface area (Å²) in [4.78, 5) is 18.2. The predicted octanol–water partition coefficient (Wildman–Crippen LogP) is 5.99. The number of ether oxygens (including phenoxy) is 3. The van der Waals surface area contributed by atoms with Gasteiger partial charge in [0.15, 0.2) is 26.5 Å². The van der Waals surface area contributed by atoms with Gasteiger partial charge in [-0.05, 0) is 35.7 Å². The molecule has 1 N–H and O–H groups in total. The van der Waals surface area contributed by atoms with E-state index < -0.39 is 21.8 Å². The smallest absolute Gasteiger partial charge is 0.271 e. The number of amides is 1. The monoisotopic (exact) mass is 554 g/mol. The maximum absolute atomic E-state index is 13.5. The third-order valence-electron chi connectivity index (χ3n) is 6.08. The zero-order chi connectivity index (χ0) is 27.4. The minimum atomic E-state index is -3.38. The molecule has 4 rings (SSSR count). The molecule has 1 atom stereocenters. The van der Waals surface area contributed by atoms with Gasteiger partial charge in [0.1, 0.15) is 5.75 Å². The second-order valence-corrected chi connectivity index (χ2v) is 12.2. The number of methoxy groups -OCH3 is 2. The number of nitrogens with one attached hydrogen (secondary N) is 1. The highest BCUT2D eigenvalue weighted by atomic mass is 32.2. The van der Waals surface area contributed by atoms with Gasteiger partial charge in [0, 0.05) is 17.7 Å². The van der Waals surface area contributed by atoms with Crippen LogP contribution in [0.15, 0.2) is 65.6 Å². The van der Waals surface area contributed by atoms with Gasteiger partial charge in [-0.1, -0.05) is 56.4 Å². The van der Waals surface area contributed by atoms with Crippen molar-refractivity contribution in [2.24, 2.45) is 0 Å². The highest BCUT2D eigenvalue weighted by Crippen LogP contribution is 2.36. The molecule has 0 aliphatic rings. The number of benzene rings is 3. The van der Waals surface area contributed by atoms with Crippen LogP contribution in [0.1, 0.15) is 43.9 Å². The van der Waals surface area contributed by atoms with E-state index in [1.807, 2.05) is 24.3 Å². The number of carbonyl (C=O) groups is 1. The molecule has 0 saturated carbocycles. The number of carbonyl (C=O) groups excluding carboxylic acids is 1. The Morgan fingerprint density at radius 1 is 0.947 bits per heavy atom. The van der Waals surface area contributed by atoms with E-state index in [0.717, 1.165) is 10.3 Å². The van der Waals surface area contributed by atoms with Gasteiger partial charge in [-0.3, -0.25) is 10.1 Å². The molecule has 38 heavy (non-hydrogen) atoms. The van der Waals surface area contributed by atoms with Crippen LogP contribution >= 0.6 is 11.3 Å². The summed E-state index contributed by atoms with van der Waals surface area (Å²) < 4.78 is 42.2. The first-order valence-electron chi connectivity index (χ1n) is 12.1. The van der Waals surface area contributed by atoms with Gasteiger partial charge in [0.25, 0.3) is 5.91 Å². The second kappa shape index (κ2) is 11.4. The molecule has 10 heteroatoms. The summed E-state index contributed by atoms with van der Waals surface area (Å²) in [5.41, 5.74) is 2.31. The van der Waals surface area contributed by atoms with Gasteiger partial charge in [0.2, 0.25) is 6.10 Å². The standard InChI is InChI=1S/C28H30N2O6S2/c1-6-38(32,33)21-13-9-19(10-14-21)26(36-20-11-7-18(8-12-20)17(2)3)27(31)30-28-29-22-15-23(34-4)24(35-5)16-25(22)37-28/h7-17,26H,6H2,1-5H3,(H,29,30,31). The van der Waals surface area contributed by atoms with Crippen molar-refractivity contribution in [2.45, 2.75) is 37.7 Å². The second-order valence-electron chi connectivity index (χ2n) is 8.88. The largest absolute Gasteiger partial charge is 0.493 e. The Balaban J connectivity index is 1.65. The molecular formula is C28H30N2O6S2. The van der Waals surface area contributed by atoms with E-state index in [4.69, 9.17) is 14.2 Å². The van der Waals surface area contributed by atoms with Crippen LogP contribution < -0.4 is 19.5 Å². The molecule has 0 aliphatic carbocycles. The van der Waals surface area contributed by atoms with Crippen molar-refractivity contribution < 1.29 is 27.4 Å². The summed E-state index contributed by atoms with van der Waals surface area (Å²) in [7, 11) is -0.275. The van der Waals surface area contributed by atoms with Crippen LogP contribution in [0.4, 0.5) is 5.13 Å². The molecule has 8 nitrogen and oxygen atoms in total. The number of hydrogen-bond acceptors (Lipinski definition) is 8. The van der Waals surface area contributed by atoms with E-state index in [1.165, 1.54) is 23.5 Å². The van der Waals surface area contributed by atoms with Gasteiger partial charge in [-0.25, -0.2) is 13.4 Å². The molecule has 4 aromatic rings. The number of anilines is 1. The van der Waals surface area contributed by atoms with Gasteiger partial charge >= 0.3 is 0 Å². The van der Waals surface area contributed by atoms with Gasteiger partial charge < -0.3 is 14.2 Å². The third-order valence-corrected chi connectivity index (χ3v) is 8.77. The molecule has 0 saturated heterocycles. The van der Waals surface area contributed by atoms with Crippen LogP contribution in [-0.4, -0.2) is 39.3 Å². The lowest BCUT2D eigenvalue weighted by Crippen LogP contribution is -2.25. The van der Waals surface area contributed by atoms with Crippen LogP contribution in [0, 0.1) is 0 Å². The fourth-order valence-electron chi connectivity index (χ4n) is 3.84. The van der Waals surface area contributed by atoms with Crippen molar-refractivity contribution in [1.29, 1.82) is 0 Å². The van der Waals surface area contributed by atoms with Crippen molar-refractivity contribution >= 4 is 42.4 Å². The summed E-state index contributed by atoms with van der Waals surface area (Å²) in [6, 6.07) is 17.3. The Morgan fingerprint density at radius 2 is 1.55 bits per heavy atom. The summed E-state index contributed by atoms with van der Waals surface area (Å²) in [5.74, 6) is 1.52. The average Bonchev–Trinajstić information content (AvgIpc) is 3.31. The number of fused-ring (bicyclic) bond motifs is 1. The van der Waals surface area contributed by atoms with Crippen LogP contribution in [0.3, 0.4) is 0 Å². The fourth-order valence-corrected chi connectivity index (χ4v) is 5.60. The predicted molar refractivity (Wildman–Crippen MR) is 149 cm³/mol. The van der Waals surface area contributed by atoms with Gasteiger partial charge in [-0.15, -0.1) is 0 Å². The van der Waals surface area contributed by atoms with Crippen LogP contribution in [0.25, 0.3) is 10.2 Å².